The zero-order valence-electron chi connectivity index (χ0n) is 17.9. The third kappa shape index (κ3) is 5.26. The lowest BCUT2D eigenvalue weighted by Crippen LogP contribution is -2.32. The Morgan fingerprint density at radius 3 is 2.87 bits per heavy atom. The van der Waals surface area contributed by atoms with Crippen molar-refractivity contribution in [2.75, 3.05) is 39.5 Å². The van der Waals surface area contributed by atoms with Crippen LogP contribution in [0.25, 0.3) is 0 Å². The molecule has 0 spiro atoms. The minimum absolute atomic E-state index is 0.0740. The van der Waals surface area contributed by atoms with Crippen LogP contribution in [-0.2, 0) is 27.2 Å². The van der Waals surface area contributed by atoms with Crippen molar-refractivity contribution in [3.63, 3.8) is 0 Å². The molecule has 0 radical (unpaired) electrons. The van der Waals surface area contributed by atoms with E-state index in [1.807, 2.05) is 24.8 Å². The molecule has 0 bridgehead atoms. The summed E-state index contributed by atoms with van der Waals surface area (Å²) in [7, 11) is 0. The molecule has 1 unspecified atom stereocenters. The topological polar surface area (TPSA) is 95.5 Å². The van der Waals surface area contributed by atoms with Crippen molar-refractivity contribution in [3.8, 4) is 0 Å². The Morgan fingerprint density at radius 1 is 1.27 bits per heavy atom. The number of ether oxygens (including phenoxy) is 2. The van der Waals surface area contributed by atoms with Gasteiger partial charge in [-0.3, -0.25) is 9.48 Å². The molecule has 2 aliphatic heterocycles. The van der Waals surface area contributed by atoms with E-state index in [2.05, 4.69) is 15.2 Å². The van der Waals surface area contributed by atoms with E-state index in [-0.39, 0.29) is 18.4 Å². The Kier molecular flexibility index (Phi) is 6.79. The maximum absolute atomic E-state index is 12.6. The Hall–Kier alpha value is -2.26. The summed E-state index contributed by atoms with van der Waals surface area (Å²) in [4.78, 5) is 19.0. The fourth-order valence-electron chi connectivity index (χ4n) is 4.11. The van der Waals surface area contributed by atoms with Crippen LogP contribution in [0.2, 0.25) is 0 Å². The first-order valence-corrected chi connectivity index (χ1v) is 10.9. The van der Waals surface area contributed by atoms with Crippen LogP contribution in [0.1, 0.15) is 48.3 Å². The van der Waals surface area contributed by atoms with Crippen LogP contribution < -0.4 is 0 Å². The molecule has 9 nitrogen and oxygen atoms in total. The highest BCUT2D eigenvalue weighted by atomic mass is 16.5. The van der Waals surface area contributed by atoms with Crippen LogP contribution in [-0.4, -0.2) is 70.2 Å². The molecule has 164 valence electrons. The average Bonchev–Trinajstić information content (AvgIpc) is 3.46. The Labute approximate surface area is 176 Å². The zero-order valence-corrected chi connectivity index (χ0v) is 17.9. The molecule has 0 aliphatic carbocycles. The summed E-state index contributed by atoms with van der Waals surface area (Å²) in [5.41, 5.74) is 1.92. The molecule has 30 heavy (non-hydrogen) atoms. The number of aromatic nitrogens is 4. The van der Waals surface area contributed by atoms with E-state index in [9.17, 15) is 4.79 Å². The molecule has 1 atom stereocenters. The summed E-state index contributed by atoms with van der Waals surface area (Å²) in [6.45, 7) is 8.52. The number of aryl methyl sites for hydroxylation is 2. The Bertz CT molecular complexity index is 842. The van der Waals surface area contributed by atoms with Crippen molar-refractivity contribution in [3.05, 3.63) is 29.2 Å². The summed E-state index contributed by atoms with van der Waals surface area (Å²) < 4.78 is 18.4. The third-order valence-electron chi connectivity index (χ3n) is 5.93. The molecule has 2 saturated heterocycles. The fraction of sp³-hybridized carbons (Fsp3) is 0.714. The smallest absolute Gasteiger partial charge is 0.244 e. The second-order valence-corrected chi connectivity index (χ2v) is 8.34. The van der Waals surface area contributed by atoms with Gasteiger partial charge in [-0.2, -0.15) is 10.1 Å². The van der Waals surface area contributed by atoms with Crippen molar-refractivity contribution < 1.29 is 18.8 Å². The first-order valence-electron chi connectivity index (χ1n) is 10.9. The van der Waals surface area contributed by atoms with E-state index in [0.29, 0.717) is 43.8 Å². The van der Waals surface area contributed by atoms with E-state index in [1.165, 1.54) is 0 Å². The van der Waals surface area contributed by atoms with Gasteiger partial charge in [0.25, 0.3) is 0 Å². The van der Waals surface area contributed by atoms with Crippen molar-refractivity contribution >= 4 is 5.91 Å². The number of hydrogen-bond acceptors (Lipinski definition) is 7. The third-order valence-corrected chi connectivity index (χ3v) is 5.93. The number of carbonyl (C=O) groups is 1. The molecule has 4 heterocycles. The van der Waals surface area contributed by atoms with Gasteiger partial charge in [-0.1, -0.05) is 5.16 Å². The quantitative estimate of drug-likeness (QED) is 0.605. The molecule has 0 saturated carbocycles. The van der Waals surface area contributed by atoms with E-state index < -0.39 is 0 Å². The Balaban J connectivity index is 1.21. The molecule has 2 fully saturated rings. The highest BCUT2D eigenvalue weighted by molar-refractivity contribution is 5.76. The molecule has 0 N–H and O–H groups in total. The van der Waals surface area contributed by atoms with Crippen LogP contribution in [0.3, 0.4) is 0 Å². The first kappa shape index (κ1) is 21.0. The molecule has 2 aromatic rings. The van der Waals surface area contributed by atoms with Gasteiger partial charge in [0.05, 0.1) is 18.2 Å². The van der Waals surface area contributed by atoms with Gasteiger partial charge in [0.15, 0.2) is 5.82 Å². The lowest BCUT2D eigenvalue weighted by molar-refractivity contribution is -0.131. The van der Waals surface area contributed by atoms with Crippen molar-refractivity contribution in [1.29, 1.82) is 0 Å². The second kappa shape index (κ2) is 9.70. The maximum Gasteiger partial charge on any atom is 0.244 e. The van der Waals surface area contributed by atoms with Crippen LogP contribution in [0.15, 0.2) is 10.6 Å². The van der Waals surface area contributed by atoms with Gasteiger partial charge in [0, 0.05) is 45.0 Å². The van der Waals surface area contributed by atoms with E-state index in [4.69, 9.17) is 14.0 Å². The lowest BCUT2D eigenvalue weighted by atomic mass is 10.0. The lowest BCUT2D eigenvalue weighted by Gasteiger charge is -2.21. The predicted molar refractivity (Wildman–Crippen MR) is 108 cm³/mol. The van der Waals surface area contributed by atoms with Gasteiger partial charge < -0.3 is 18.9 Å². The van der Waals surface area contributed by atoms with E-state index >= 15 is 0 Å². The number of hydrogen-bond donors (Lipinski definition) is 0. The highest BCUT2D eigenvalue weighted by Gasteiger charge is 2.31. The molecule has 2 aromatic heterocycles. The number of likely N-dealkylation sites (tertiary alicyclic amines) is 1. The van der Waals surface area contributed by atoms with Crippen LogP contribution in [0.5, 0.6) is 0 Å². The molecular weight excluding hydrogens is 386 g/mol. The number of nitrogens with zero attached hydrogens (tertiary/aromatic N) is 5. The normalized spacial score (nSPS) is 20.2. The summed E-state index contributed by atoms with van der Waals surface area (Å²) in [6.07, 6.45) is 3.62. The zero-order chi connectivity index (χ0) is 20.9. The maximum atomic E-state index is 12.6. The minimum atomic E-state index is 0.0740. The fourth-order valence-corrected chi connectivity index (χ4v) is 4.11. The average molecular weight is 418 g/mol. The van der Waals surface area contributed by atoms with Gasteiger partial charge in [-0.05, 0) is 45.1 Å². The molecule has 9 heteroatoms. The standard InChI is InChI=1S/C21H31N5O4/c1-15-11-16(2)26(23-15)13-20(27)25-7-3-18(12-25)21-22-19(24-30-21)6-10-29-14-17-4-8-28-9-5-17/h11,17-18H,3-10,12-14H2,1-2H3. The molecule has 4 rings (SSSR count). The Morgan fingerprint density at radius 2 is 2.10 bits per heavy atom. The van der Waals surface area contributed by atoms with E-state index in [1.54, 1.807) is 4.68 Å². The largest absolute Gasteiger partial charge is 0.381 e. The first-order chi connectivity index (χ1) is 14.6. The second-order valence-electron chi connectivity index (χ2n) is 8.34. The summed E-state index contributed by atoms with van der Waals surface area (Å²) in [5.74, 6) is 2.06. The van der Waals surface area contributed by atoms with Crippen molar-refractivity contribution in [1.82, 2.24) is 24.8 Å². The summed E-state index contributed by atoms with van der Waals surface area (Å²) >= 11 is 0. The summed E-state index contributed by atoms with van der Waals surface area (Å²) in [5, 5.41) is 8.47. The van der Waals surface area contributed by atoms with Crippen LogP contribution in [0.4, 0.5) is 0 Å². The summed E-state index contributed by atoms with van der Waals surface area (Å²) in [6, 6.07) is 1.98. The van der Waals surface area contributed by atoms with Crippen molar-refractivity contribution in [2.24, 2.45) is 5.92 Å². The molecule has 1 amide bonds. The van der Waals surface area contributed by atoms with E-state index in [0.717, 1.165) is 50.5 Å². The molecule has 2 aliphatic rings. The van der Waals surface area contributed by atoms with Crippen LogP contribution >= 0.6 is 0 Å². The van der Waals surface area contributed by atoms with Crippen molar-refractivity contribution in [2.45, 2.75) is 52.0 Å². The highest BCUT2D eigenvalue weighted by Crippen LogP contribution is 2.26. The molecular formula is C21H31N5O4. The predicted octanol–water partition coefficient (Wildman–Crippen LogP) is 1.88. The van der Waals surface area contributed by atoms with Gasteiger partial charge in [-0.15, -0.1) is 0 Å². The van der Waals surface area contributed by atoms with Gasteiger partial charge in [-0.25, -0.2) is 0 Å². The SMILES string of the molecule is Cc1cc(C)n(CC(=O)N2CCC(c3nc(CCOCC4CCOCC4)no3)C2)n1. The number of amides is 1. The number of rotatable bonds is 8. The van der Waals surface area contributed by atoms with Gasteiger partial charge in [0.1, 0.15) is 6.54 Å². The minimum Gasteiger partial charge on any atom is -0.381 e. The van der Waals surface area contributed by atoms with Gasteiger partial charge in [0.2, 0.25) is 11.8 Å². The van der Waals surface area contributed by atoms with Gasteiger partial charge >= 0.3 is 0 Å². The van der Waals surface area contributed by atoms with Crippen LogP contribution in [0, 0.1) is 19.8 Å². The number of carbonyl (C=O) groups excluding carboxylic acids is 1. The molecule has 0 aromatic carbocycles. The monoisotopic (exact) mass is 417 g/mol.